The van der Waals surface area contributed by atoms with Gasteiger partial charge in [0.1, 0.15) is 30.3 Å². The molecular formula is C51H65N7O9. The molecule has 1 aliphatic rings. The quantitative estimate of drug-likeness (QED) is 0.0413. The molecule has 0 unspecified atom stereocenters. The van der Waals surface area contributed by atoms with Gasteiger partial charge in [0.05, 0.1) is 18.1 Å². The SMILES string of the molecule is CC(=O)N[C@@H](Cc1c[nH]c2ccccc12)C(=O)N[C@H](C(=O)N[C@@H](Cc1ccccc1)[C@H](O)[C@@H](O)[C@@H]1CCCCN1C(=O)[C@@H](N[C@@H](Cc1c[nH]c2ccccc12)C(=O)OC(C)=O)C(C)C)C(C)C. The molecule has 67 heavy (non-hydrogen) atoms. The zero-order valence-electron chi connectivity index (χ0n) is 39.1. The van der Waals surface area contributed by atoms with Crippen molar-refractivity contribution in [1.29, 1.82) is 0 Å². The van der Waals surface area contributed by atoms with Crippen molar-refractivity contribution in [3.8, 4) is 0 Å². The summed E-state index contributed by atoms with van der Waals surface area (Å²) in [6.07, 6.45) is 2.42. The van der Waals surface area contributed by atoms with Gasteiger partial charge in [-0.05, 0) is 66.3 Å². The van der Waals surface area contributed by atoms with Crippen molar-refractivity contribution in [2.24, 2.45) is 11.8 Å². The first-order valence-corrected chi connectivity index (χ1v) is 23.2. The lowest BCUT2D eigenvalue weighted by Gasteiger charge is -2.43. The second kappa shape index (κ2) is 22.9. The van der Waals surface area contributed by atoms with Gasteiger partial charge >= 0.3 is 11.9 Å². The van der Waals surface area contributed by atoms with Crippen LogP contribution in [0.15, 0.2) is 91.3 Å². The molecular weight excluding hydrogens is 855 g/mol. The van der Waals surface area contributed by atoms with Crippen LogP contribution in [0.1, 0.15) is 77.5 Å². The van der Waals surface area contributed by atoms with E-state index in [2.05, 4.69) is 31.2 Å². The molecule has 1 fully saturated rings. The number of nitrogens with zero attached hydrogens (tertiary/aromatic N) is 1. The number of aliphatic hydroxyl groups excluding tert-OH is 2. The Hall–Kier alpha value is -6.36. The van der Waals surface area contributed by atoms with E-state index in [9.17, 15) is 39.0 Å². The molecule has 1 saturated heterocycles. The largest absolute Gasteiger partial charge is 0.392 e. The van der Waals surface area contributed by atoms with Crippen LogP contribution in [-0.2, 0) is 52.8 Å². The summed E-state index contributed by atoms with van der Waals surface area (Å²) in [4.78, 5) is 88.9. The third kappa shape index (κ3) is 12.8. The van der Waals surface area contributed by atoms with E-state index in [1.807, 2.05) is 92.7 Å². The maximum atomic E-state index is 14.8. The van der Waals surface area contributed by atoms with Crippen LogP contribution in [0.4, 0.5) is 0 Å². The second-order valence-corrected chi connectivity index (χ2v) is 18.3. The van der Waals surface area contributed by atoms with Gasteiger partial charge in [-0.15, -0.1) is 0 Å². The minimum atomic E-state index is -1.59. The number of likely N-dealkylation sites (tertiary alicyclic amines) is 1. The Bertz CT molecular complexity index is 2500. The average molecular weight is 920 g/mol. The number of ether oxygens (including phenoxy) is 1. The number of aromatic nitrogens is 2. The number of carbonyl (C=O) groups is 6. The Balaban J connectivity index is 1.22. The molecule has 0 radical (unpaired) electrons. The zero-order chi connectivity index (χ0) is 48.4. The van der Waals surface area contributed by atoms with Gasteiger partial charge in [-0.25, -0.2) is 4.79 Å². The summed E-state index contributed by atoms with van der Waals surface area (Å²) in [5, 5.41) is 37.9. The maximum Gasteiger partial charge on any atom is 0.331 e. The first-order chi connectivity index (χ1) is 32.0. The molecule has 8 atom stereocenters. The summed E-state index contributed by atoms with van der Waals surface area (Å²) < 4.78 is 5.07. The Morgan fingerprint density at radius 2 is 1.25 bits per heavy atom. The highest BCUT2D eigenvalue weighted by molar-refractivity contribution is 5.93. The average Bonchev–Trinajstić information content (AvgIpc) is 3.91. The molecule has 3 aromatic carbocycles. The van der Waals surface area contributed by atoms with Crippen LogP contribution < -0.4 is 21.3 Å². The molecule has 5 aromatic rings. The minimum Gasteiger partial charge on any atom is -0.392 e. The van der Waals surface area contributed by atoms with Crippen molar-refractivity contribution < 1.29 is 43.7 Å². The molecule has 0 spiro atoms. The Labute approximate surface area is 391 Å². The maximum absolute atomic E-state index is 14.8. The van der Waals surface area contributed by atoms with Gasteiger partial charge < -0.3 is 45.8 Å². The second-order valence-electron chi connectivity index (χ2n) is 18.3. The van der Waals surface area contributed by atoms with Crippen molar-refractivity contribution in [1.82, 2.24) is 36.1 Å². The van der Waals surface area contributed by atoms with E-state index in [4.69, 9.17) is 4.74 Å². The highest BCUT2D eigenvalue weighted by atomic mass is 16.6. The molecule has 6 rings (SSSR count). The van der Waals surface area contributed by atoms with E-state index in [0.29, 0.717) is 19.3 Å². The van der Waals surface area contributed by atoms with E-state index >= 15 is 0 Å². The number of amides is 4. The number of fused-ring (bicyclic) bond motifs is 2. The summed E-state index contributed by atoms with van der Waals surface area (Å²) in [5.41, 5.74) is 4.08. The number of nitrogens with one attached hydrogen (secondary N) is 6. The van der Waals surface area contributed by atoms with Crippen LogP contribution >= 0.6 is 0 Å². The zero-order valence-corrected chi connectivity index (χ0v) is 39.1. The van der Waals surface area contributed by atoms with Gasteiger partial charge in [-0.2, -0.15) is 0 Å². The van der Waals surface area contributed by atoms with Crippen molar-refractivity contribution in [2.75, 3.05) is 6.54 Å². The Kier molecular flexibility index (Phi) is 17.1. The van der Waals surface area contributed by atoms with Gasteiger partial charge in [0.25, 0.3) is 0 Å². The number of benzene rings is 3. The van der Waals surface area contributed by atoms with E-state index in [1.54, 1.807) is 31.1 Å². The predicted molar refractivity (Wildman–Crippen MR) is 254 cm³/mol. The van der Waals surface area contributed by atoms with Gasteiger partial charge in [0.15, 0.2) is 0 Å². The van der Waals surface area contributed by atoms with Crippen molar-refractivity contribution in [3.63, 3.8) is 0 Å². The monoisotopic (exact) mass is 919 g/mol. The standard InChI is InChI=1S/C51H65N7O9/c1-29(2)44(57-48(63)41(54-31(5)59)25-34-27-52-38-20-12-10-18-36(34)38)49(64)56-40(24-33-16-8-7-9-17-33)46(61)47(62)43-22-14-15-23-58(43)50(65)45(30(3)4)55-42(51(66)67-32(6)60)26-35-28-53-39-21-13-11-19-37(35)39/h7-13,16-21,27-30,40-47,52-53,55,61-62H,14-15,22-26H2,1-6H3,(H,54,59)(H,56,64)(H,57,63)/t40-,41-,42-,43-,44-,45-,46-,47-/m0/s1. The van der Waals surface area contributed by atoms with Crippen LogP contribution in [0, 0.1) is 11.8 Å². The Morgan fingerprint density at radius 3 is 1.82 bits per heavy atom. The number of hydrogen-bond acceptors (Lipinski definition) is 10. The predicted octanol–water partition coefficient (Wildman–Crippen LogP) is 3.98. The van der Waals surface area contributed by atoms with E-state index in [0.717, 1.165) is 45.4 Å². The number of hydrogen-bond donors (Lipinski definition) is 8. The molecule has 4 amide bonds. The van der Waals surface area contributed by atoms with Crippen LogP contribution in [0.3, 0.4) is 0 Å². The topological polar surface area (TPSA) is 235 Å². The fraction of sp³-hybridized carbons (Fsp3) is 0.451. The van der Waals surface area contributed by atoms with Crippen LogP contribution in [0.2, 0.25) is 0 Å². The number of rotatable bonds is 20. The molecule has 1 aliphatic heterocycles. The van der Waals surface area contributed by atoms with Crippen LogP contribution in [0.25, 0.3) is 21.8 Å². The lowest BCUT2D eigenvalue weighted by molar-refractivity contribution is -0.160. The third-order valence-corrected chi connectivity index (χ3v) is 12.6. The highest BCUT2D eigenvalue weighted by Crippen LogP contribution is 2.27. The van der Waals surface area contributed by atoms with Crippen LogP contribution in [0.5, 0.6) is 0 Å². The minimum absolute atomic E-state index is 0.100. The number of esters is 2. The number of carbonyl (C=O) groups excluding carboxylic acids is 6. The van der Waals surface area contributed by atoms with Gasteiger partial charge in [-0.1, -0.05) is 94.4 Å². The summed E-state index contributed by atoms with van der Waals surface area (Å²) in [6, 6.07) is 18.2. The number of para-hydroxylation sites is 2. The van der Waals surface area contributed by atoms with Gasteiger partial charge in [0, 0.05) is 67.4 Å². The molecule has 8 N–H and O–H groups in total. The van der Waals surface area contributed by atoms with E-state index in [1.165, 1.54) is 6.92 Å². The molecule has 16 heteroatoms. The molecule has 3 heterocycles. The summed E-state index contributed by atoms with van der Waals surface area (Å²) >= 11 is 0. The number of aromatic amines is 2. The third-order valence-electron chi connectivity index (χ3n) is 12.6. The van der Waals surface area contributed by atoms with Crippen molar-refractivity contribution in [3.05, 3.63) is 108 Å². The molecule has 358 valence electrons. The first kappa shape index (κ1) is 50.1. The summed E-state index contributed by atoms with van der Waals surface area (Å²) in [5.74, 6) is -4.43. The van der Waals surface area contributed by atoms with E-state index < -0.39 is 89.9 Å². The fourth-order valence-corrected chi connectivity index (χ4v) is 9.10. The molecule has 16 nitrogen and oxygen atoms in total. The lowest BCUT2D eigenvalue weighted by Crippen LogP contribution is -2.63. The van der Waals surface area contributed by atoms with Gasteiger partial charge in [0.2, 0.25) is 23.6 Å². The summed E-state index contributed by atoms with van der Waals surface area (Å²) in [6.45, 7) is 9.91. The number of H-pyrrole nitrogens is 2. The van der Waals surface area contributed by atoms with Gasteiger partial charge in [-0.3, -0.25) is 29.3 Å². The number of piperidine rings is 1. The number of aliphatic hydroxyl groups is 2. The molecule has 2 aromatic heterocycles. The molecule has 0 bridgehead atoms. The fourth-order valence-electron chi connectivity index (χ4n) is 9.10. The Morgan fingerprint density at radius 1 is 0.687 bits per heavy atom. The van der Waals surface area contributed by atoms with Crippen molar-refractivity contribution >= 4 is 57.4 Å². The normalized spacial score (nSPS) is 17.3. The lowest BCUT2D eigenvalue weighted by atomic mass is 9.87. The van der Waals surface area contributed by atoms with Crippen LogP contribution in [-0.4, -0.2) is 116 Å². The molecule has 0 saturated carbocycles. The smallest absolute Gasteiger partial charge is 0.331 e. The van der Waals surface area contributed by atoms with E-state index in [-0.39, 0.29) is 31.7 Å². The highest BCUT2D eigenvalue weighted by Gasteiger charge is 2.43. The molecule has 0 aliphatic carbocycles. The van der Waals surface area contributed by atoms with Crippen molar-refractivity contribution in [2.45, 2.75) is 129 Å². The summed E-state index contributed by atoms with van der Waals surface area (Å²) in [7, 11) is 0. The first-order valence-electron chi connectivity index (χ1n) is 23.2.